The molecule has 0 aromatic carbocycles. The predicted octanol–water partition coefficient (Wildman–Crippen LogP) is 2.32. The van der Waals surface area contributed by atoms with Gasteiger partial charge in [0.1, 0.15) is 0 Å². The maximum absolute atomic E-state index is 5.55. The highest BCUT2D eigenvalue weighted by atomic mass is 16.5. The molecule has 0 amide bonds. The van der Waals surface area contributed by atoms with Crippen LogP contribution in [0.5, 0.6) is 0 Å². The zero-order valence-electron chi connectivity index (χ0n) is 16.5. The lowest BCUT2D eigenvalue weighted by Crippen LogP contribution is -2.41. The van der Waals surface area contributed by atoms with Gasteiger partial charge in [-0.15, -0.1) is 0 Å². The van der Waals surface area contributed by atoms with E-state index in [1.807, 2.05) is 37.3 Å². The van der Waals surface area contributed by atoms with E-state index in [0.717, 1.165) is 25.4 Å². The number of piperidine rings is 1. The highest BCUT2D eigenvalue weighted by molar-refractivity contribution is 5.07. The summed E-state index contributed by atoms with van der Waals surface area (Å²) in [6.07, 6.45) is 9.79. The number of rotatable bonds is 6. The number of ether oxygens (including phenoxy) is 1. The molecule has 27 heavy (non-hydrogen) atoms. The molecular weight excluding hydrogens is 338 g/mol. The van der Waals surface area contributed by atoms with Gasteiger partial charge in [0.15, 0.2) is 0 Å². The molecule has 2 aliphatic heterocycles. The van der Waals surface area contributed by atoms with E-state index in [1.54, 1.807) is 0 Å². The minimum Gasteiger partial charge on any atom is -0.383 e. The first-order valence-electron chi connectivity index (χ1n) is 9.99. The molecule has 2 aromatic heterocycles. The second-order valence-corrected chi connectivity index (χ2v) is 8.34. The van der Waals surface area contributed by atoms with Gasteiger partial charge in [-0.2, -0.15) is 5.10 Å². The molecule has 2 fully saturated rings. The van der Waals surface area contributed by atoms with Gasteiger partial charge in [0, 0.05) is 57.8 Å². The zero-order valence-corrected chi connectivity index (χ0v) is 16.5. The van der Waals surface area contributed by atoms with Crippen molar-refractivity contribution < 1.29 is 4.74 Å². The van der Waals surface area contributed by atoms with E-state index in [9.17, 15) is 0 Å². The molecule has 2 saturated heterocycles. The van der Waals surface area contributed by atoms with Gasteiger partial charge in [-0.25, -0.2) is 0 Å². The van der Waals surface area contributed by atoms with E-state index in [1.165, 1.54) is 44.5 Å². The summed E-state index contributed by atoms with van der Waals surface area (Å²) in [5.74, 6) is 0. The van der Waals surface area contributed by atoms with Crippen LogP contribution in [0.4, 0.5) is 0 Å². The van der Waals surface area contributed by atoms with E-state index >= 15 is 0 Å². The molecule has 0 saturated carbocycles. The predicted molar refractivity (Wildman–Crippen MR) is 105 cm³/mol. The second kappa shape index (κ2) is 8.09. The maximum Gasteiger partial charge on any atom is 0.0618 e. The van der Waals surface area contributed by atoms with Gasteiger partial charge in [0.25, 0.3) is 0 Å². The van der Waals surface area contributed by atoms with E-state index in [0.29, 0.717) is 11.5 Å². The average Bonchev–Trinajstić information content (AvgIpc) is 3.22. The Bertz CT molecular complexity index is 723. The third-order valence-electron chi connectivity index (χ3n) is 6.26. The van der Waals surface area contributed by atoms with Crippen LogP contribution in [0.1, 0.15) is 30.5 Å². The standard InChI is InChI=1S/C21H31N5O/c1-24-13-18(12-23-24)14-25-9-6-21(7-10-25)11-20(16-27-2)26(17-21)15-19-5-3-4-8-22-19/h3-5,8,12-13,20H,6-7,9-11,14-17H2,1-2H3/t20-/m1/s1. The van der Waals surface area contributed by atoms with Crippen molar-refractivity contribution in [2.45, 2.75) is 38.4 Å². The van der Waals surface area contributed by atoms with E-state index in [2.05, 4.69) is 38.2 Å². The fourth-order valence-electron chi connectivity index (χ4n) is 4.85. The molecule has 1 atom stereocenters. The molecule has 0 radical (unpaired) electrons. The van der Waals surface area contributed by atoms with Gasteiger partial charge in [0.05, 0.1) is 18.5 Å². The Morgan fingerprint density at radius 1 is 1.22 bits per heavy atom. The van der Waals surface area contributed by atoms with Crippen LogP contribution in [-0.2, 0) is 24.9 Å². The molecule has 0 N–H and O–H groups in total. The third kappa shape index (κ3) is 4.39. The maximum atomic E-state index is 5.55. The van der Waals surface area contributed by atoms with Crippen LogP contribution in [0, 0.1) is 5.41 Å². The Morgan fingerprint density at radius 2 is 2.07 bits per heavy atom. The first kappa shape index (κ1) is 18.6. The molecule has 0 aliphatic carbocycles. The third-order valence-corrected chi connectivity index (χ3v) is 6.26. The van der Waals surface area contributed by atoms with Gasteiger partial charge in [-0.3, -0.25) is 19.5 Å². The second-order valence-electron chi connectivity index (χ2n) is 8.34. The Morgan fingerprint density at radius 3 is 2.74 bits per heavy atom. The number of aryl methyl sites for hydroxylation is 1. The number of hydrogen-bond donors (Lipinski definition) is 0. The van der Waals surface area contributed by atoms with Gasteiger partial charge < -0.3 is 4.74 Å². The molecule has 4 heterocycles. The molecule has 6 nitrogen and oxygen atoms in total. The molecule has 2 aliphatic rings. The Hall–Kier alpha value is -1.76. The highest BCUT2D eigenvalue weighted by Crippen LogP contribution is 2.44. The lowest BCUT2D eigenvalue weighted by molar-refractivity contribution is 0.101. The van der Waals surface area contributed by atoms with Crippen molar-refractivity contribution in [1.29, 1.82) is 0 Å². The highest BCUT2D eigenvalue weighted by Gasteiger charge is 2.45. The Labute approximate surface area is 162 Å². The van der Waals surface area contributed by atoms with Gasteiger partial charge in [-0.1, -0.05) is 6.07 Å². The molecular formula is C21H31N5O. The summed E-state index contributed by atoms with van der Waals surface area (Å²) in [4.78, 5) is 9.71. The number of likely N-dealkylation sites (tertiary alicyclic amines) is 2. The fraction of sp³-hybridized carbons (Fsp3) is 0.619. The SMILES string of the molecule is COC[C@H]1CC2(CCN(Cc3cnn(C)c3)CC2)CN1Cc1ccccn1. The molecule has 1 spiro atoms. The molecule has 0 bridgehead atoms. The topological polar surface area (TPSA) is 46.4 Å². The van der Waals surface area contributed by atoms with Crippen LogP contribution in [-0.4, -0.2) is 64.0 Å². The summed E-state index contributed by atoms with van der Waals surface area (Å²) in [6.45, 7) is 6.27. The average molecular weight is 370 g/mol. The number of pyridine rings is 1. The first-order chi connectivity index (χ1) is 13.2. The quantitative estimate of drug-likeness (QED) is 0.782. The van der Waals surface area contributed by atoms with Gasteiger partial charge in [0.2, 0.25) is 0 Å². The van der Waals surface area contributed by atoms with E-state index in [4.69, 9.17) is 4.74 Å². The number of methoxy groups -OCH3 is 1. The molecule has 146 valence electrons. The molecule has 6 heteroatoms. The van der Waals surface area contributed by atoms with Crippen LogP contribution >= 0.6 is 0 Å². The van der Waals surface area contributed by atoms with Crippen LogP contribution < -0.4 is 0 Å². The lowest BCUT2D eigenvalue weighted by Gasteiger charge is -2.39. The monoisotopic (exact) mass is 369 g/mol. The Balaban J connectivity index is 1.37. The van der Waals surface area contributed by atoms with Gasteiger partial charge in [-0.05, 0) is 49.9 Å². The van der Waals surface area contributed by atoms with E-state index < -0.39 is 0 Å². The number of hydrogen-bond acceptors (Lipinski definition) is 5. The molecule has 0 unspecified atom stereocenters. The van der Waals surface area contributed by atoms with Crippen molar-refractivity contribution in [2.24, 2.45) is 12.5 Å². The van der Waals surface area contributed by atoms with Crippen molar-refractivity contribution in [3.8, 4) is 0 Å². The molecule has 4 rings (SSSR count). The number of aromatic nitrogens is 3. The summed E-state index contributed by atoms with van der Waals surface area (Å²) < 4.78 is 7.44. The van der Waals surface area contributed by atoms with Crippen molar-refractivity contribution in [3.05, 3.63) is 48.0 Å². The van der Waals surface area contributed by atoms with Crippen LogP contribution in [0.2, 0.25) is 0 Å². The minimum atomic E-state index is 0.434. The van der Waals surface area contributed by atoms with Crippen molar-refractivity contribution in [1.82, 2.24) is 24.6 Å². The van der Waals surface area contributed by atoms with Gasteiger partial charge >= 0.3 is 0 Å². The summed E-state index contributed by atoms with van der Waals surface area (Å²) in [7, 11) is 3.81. The normalized spacial score (nSPS) is 23.3. The summed E-state index contributed by atoms with van der Waals surface area (Å²) in [6, 6.07) is 6.70. The summed E-state index contributed by atoms with van der Waals surface area (Å²) in [5.41, 5.74) is 2.90. The summed E-state index contributed by atoms with van der Waals surface area (Å²) >= 11 is 0. The minimum absolute atomic E-state index is 0.434. The van der Waals surface area contributed by atoms with E-state index in [-0.39, 0.29) is 0 Å². The molecule has 2 aromatic rings. The smallest absolute Gasteiger partial charge is 0.0618 e. The zero-order chi connectivity index (χ0) is 18.7. The largest absolute Gasteiger partial charge is 0.383 e. The Kier molecular flexibility index (Phi) is 5.57. The van der Waals surface area contributed by atoms with Crippen LogP contribution in [0.3, 0.4) is 0 Å². The van der Waals surface area contributed by atoms with Crippen molar-refractivity contribution in [2.75, 3.05) is 33.4 Å². The number of nitrogens with zero attached hydrogens (tertiary/aromatic N) is 5. The van der Waals surface area contributed by atoms with Crippen LogP contribution in [0.15, 0.2) is 36.8 Å². The van der Waals surface area contributed by atoms with Crippen LogP contribution in [0.25, 0.3) is 0 Å². The van der Waals surface area contributed by atoms with Crippen molar-refractivity contribution >= 4 is 0 Å². The first-order valence-corrected chi connectivity index (χ1v) is 9.99. The fourth-order valence-corrected chi connectivity index (χ4v) is 4.85. The van der Waals surface area contributed by atoms with Crippen molar-refractivity contribution in [3.63, 3.8) is 0 Å². The lowest BCUT2D eigenvalue weighted by atomic mass is 9.76. The summed E-state index contributed by atoms with van der Waals surface area (Å²) in [5, 5.41) is 4.30.